The Labute approximate surface area is 238 Å². The van der Waals surface area contributed by atoms with Crippen molar-refractivity contribution < 1.29 is 24.5 Å². The molecule has 0 saturated heterocycles. The molecule has 4 aromatic rings. The number of carbonyl (C=O) groups excluding carboxylic acids is 1. The highest BCUT2D eigenvalue weighted by Gasteiger charge is 2.41. The number of hydrogen-bond acceptors (Lipinski definition) is 6. The Bertz CT molecular complexity index is 1580. The van der Waals surface area contributed by atoms with Gasteiger partial charge >= 0.3 is 0 Å². The van der Waals surface area contributed by atoms with Crippen LogP contribution < -0.4 is 19.7 Å². The minimum Gasteiger partial charge on any atom is -0.509 e. The lowest BCUT2D eigenvalue weighted by Gasteiger charge is -2.35. The Balaban J connectivity index is 1.63. The highest BCUT2D eigenvalue weighted by Crippen LogP contribution is 2.48. The molecule has 1 aliphatic heterocycles. The van der Waals surface area contributed by atoms with E-state index in [0.29, 0.717) is 40.7 Å². The van der Waals surface area contributed by atoms with E-state index >= 15 is 0 Å². The number of carbonyl (C=O) groups is 1. The van der Waals surface area contributed by atoms with Gasteiger partial charge in [-0.25, -0.2) is 0 Å². The summed E-state index contributed by atoms with van der Waals surface area (Å²) in [7, 11) is 2.98. The largest absolute Gasteiger partial charge is 0.509 e. The molecule has 0 radical (unpaired) electrons. The Morgan fingerprint density at radius 1 is 1.00 bits per heavy atom. The molecule has 0 aliphatic carbocycles. The number of likely N-dealkylation sites (N-methyl/N-ethyl adjacent to an activating group) is 1. The van der Waals surface area contributed by atoms with E-state index in [1.807, 2.05) is 61.5 Å². The number of methoxy groups -OCH3 is 2. The maximum Gasteiger partial charge on any atom is 0.260 e. The van der Waals surface area contributed by atoms with Crippen molar-refractivity contribution in [2.45, 2.75) is 25.5 Å². The highest BCUT2D eigenvalue weighted by molar-refractivity contribution is 6.30. The average Bonchev–Trinajstić information content (AvgIpc) is 2.97. The lowest BCUT2D eigenvalue weighted by molar-refractivity contribution is -0.116. The summed E-state index contributed by atoms with van der Waals surface area (Å²) >= 11 is 6.11. The van der Waals surface area contributed by atoms with Crippen molar-refractivity contribution in [3.05, 3.63) is 106 Å². The molecule has 4 aromatic carbocycles. The molecule has 1 heterocycles. The SMILES string of the molecule is CCN1C(=O)C(=C(O)C(Cc2ccc(Cl)cc2)Nc2ccc3ccccc3c2)C(O)c2c1ccc(OC)c2OC. The number of hydrogen-bond donors (Lipinski definition) is 3. The molecule has 0 fully saturated rings. The number of ether oxygens (including phenoxy) is 2. The summed E-state index contributed by atoms with van der Waals surface area (Å²) in [4.78, 5) is 15.3. The second-order valence-corrected chi connectivity index (χ2v) is 10.0. The molecule has 0 spiro atoms. The van der Waals surface area contributed by atoms with Crippen LogP contribution in [0.15, 0.2) is 90.2 Å². The van der Waals surface area contributed by atoms with Crippen LogP contribution in [0.25, 0.3) is 10.8 Å². The van der Waals surface area contributed by atoms with Gasteiger partial charge in [-0.05, 0) is 66.1 Å². The Morgan fingerprint density at radius 3 is 2.40 bits per heavy atom. The third-order valence-electron chi connectivity index (χ3n) is 7.24. The van der Waals surface area contributed by atoms with E-state index in [9.17, 15) is 15.0 Å². The summed E-state index contributed by atoms with van der Waals surface area (Å²) in [6, 6.07) is 23.9. The van der Waals surface area contributed by atoms with E-state index in [1.54, 1.807) is 24.3 Å². The van der Waals surface area contributed by atoms with Crippen LogP contribution in [-0.2, 0) is 11.2 Å². The minimum atomic E-state index is -1.44. The van der Waals surface area contributed by atoms with E-state index in [-0.39, 0.29) is 11.3 Å². The maximum absolute atomic E-state index is 13.8. The van der Waals surface area contributed by atoms with Gasteiger partial charge in [0, 0.05) is 17.3 Å². The summed E-state index contributed by atoms with van der Waals surface area (Å²) in [5.41, 5.74) is 2.40. The molecule has 7 nitrogen and oxygen atoms in total. The van der Waals surface area contributed by atoms with E-state index in [2.05, 4.69) is 5.32 Å². The van der Waals surface area contributed by atoms with Crippen LogP contribution in [0.1, 0.15) is 24.2 Å². The number of rotatable bonds is 8. The van der Waals surface area contributed by atoms with Crippen LogP contribution in [0.3, 0.4) is 0 Å². The molecular formula is C32H31ClN2O5. The van der Waals surface area contributed by atoms with Crippen molar-refractivity contribution in [3.8, 4) is 11.5 Å². The molecule has 0 bridgehead atoms. The van der Waals surface area contributed by atoms with Crippen molar-refractivity contribution in [3.63, 3.8) is 0 Å². The number of halogens is 1. The number of benzene rings is 4. The van der Waals surface area contributed by atoms with Crippen LogP contribution in [0.4, 0.5) is 11.4 Å². The standard InChI is InChI=1S/C32H31ClN2O5/c1-4-35-25-15-16-26(39-2)31(40-3)27(25)30(37)28(32(35)38)29(36)24(17-19-9-12-22(33)13-10-19)34-23-14-11-20-7-5-6-8-21(20)18-23/h5-16,18,24,30,34,36-37H,4,17H2,1-3H3. The second-order valence-electron chi connectivity index (χ2n) is 9.57. The van der Waals surface area contributed by atoms with Gasteiger partial charge in [-0.2, -0.15) is 0 Å². The van der Waals surface area contributed by atoms with Gasteiger partial charge in [0.15, 0.2) is 11.5 Å². The van der Waals surface area contributed by atoms with Crippen LogP contribution in [0.2, 0.25) is 5.02 Å². The van der Waals surface area contributed by atoms with Gasteiger partial charge in [-0.3, -0.25) is 4.79 Å². The van der Waals surface area contributed by atoms with Gasteiger partial charge in [0.1, 0.15) is 11.9 Å². The van der Waals surface area contributed by atoms with E-state index in [1.165, 1.54) is 19.1 Å². The first kappa shape index (κ1) is 27.4. The van der Waals surface area contributed by atoms with Crippen LogP contribution in [0, 0.1) is 0 Å². The number of aliphatic hydroxyl groups is 2. The van der Waals surface area contributed by atoms with Gasteiger partial charge in [-0.1, -0.05) is 54.1 Å². The normalized spacial score (nSPS) is 16.9. The molecule has 1 amide bonds. The number of amides is 1. The number of anilines is 2. The smallest absolute Gasteiger partial charge is 0.260 e. The van der Waals surface area contributed by atoms with Crippen molar-refractivity contribution >= 4 is 39.7 Å². The zero-order chi connectivity index (χ0) is 28.4. The fourth-order valence-electron chi connectivity index (χ4n) is 5.26. The number of fused-ring (bicyclic) bond motifs is 2. The van der Waals surface area contributed by atoms with E-state index < -0.39 is 18.1 Å². The van der Waals surface area contributed by atoms with Gasteiger partial charge in [0.05, 0.1) is 37.1 Å². The number of aliphatic hydroxyl groups excluding tert-OH is 2. The molecule has 206 valence electrons. The van der Waals surface area contributed by atoms with E-state index in [0.717, 1.165) is 22.0 Å². The minimum absolute atomic E-state index is 0.117. The molecule has 5 rings (SSSR count). The molecule has 8 heteroatoms. The molecule has 2 unspecified atom stereocenters. The topological polar surface area (TPSA) is 91.3 Å². The third kappa shape index (κ3) is 5.06. The second kappa shape index (κ2) is 11.5. The molecule has 0 aromatic heterocycles. The Morgan fingerprint density at radius 2 is 1.73 bits per heavy atom. The van der Waals surface area contributed by atoms with Crippen molar-refractivity contribution in [1.29, 1.82) is 0 Å². The summed E-state index contributed by atoms with van der Waals surface area (Å²) in [6.07, 6.45) is -1.12. The fraction of sp³-hybridized carbons (Fsp3) is 0.219. The zero-order valence-corrected chi connectivity index (χ0v) is 23.3. The lowest BCUT2D eigenvalue weighted by atomic mass is 9.89. The Hall–Kier alpha value is -4.20. The predicted molar refractivity (Wildman–Crippen MR) is 159 cm³/mol. The van der Waals surface area contributed by atoms with Crippen molar-refractivity contribution in [2.75, 3.05) is 31.0 Å². The van der Waals surface area contributed by atoms with Gasteiger partial charge in [0.25, 0.3) is 5.91 Å². The zero-order valence-electron chi connectivity index (χ0n) is 22.5. The number of nitrogens with one attached hydrogen (secondary N) is 1. The first-order valence-corrected chi connectivity index (χ1v) is 13.4. The van der Waals surface area contributed by atoms with Crippen LogP contribution >= 0.6 is 11.6 Å². The molecule has 3 N–H and O–H groups in total. The van der Waals surface area contributed by atoms with Crippen LogP contribution in [0.5, 0.6) is 11.5 Å². The van der Waals surface area contributed by atoms with Gasteiger partial charge < -0.3 is 29.9 Å². The molecule has 2 atom stereocenters. The Kier molecular flexibility index (Phi) is 7.87. The summed E-state index contributed by atoms with van der Waals surface area (Å²) < 4.78 is 11.1. The molecular weight excluding hydrogens is 528 g/mol. The lowest BCUT2D eigenvalue weighted by Crippen LogP contribution is -2.41. The molecule has 0 saturated carbocycles. The summed E-state index contributed by atoms with van der Waals surface area (Å²) in [5.74, 6) is -0.0137. The van der Waals surface area contributed by atoms with Crippen molar-refractivity contribution in [2.24, 2.45) is 0 Å². The molecule has 40 heavy (non-hydrogen) atoms. The van der Waals surface area contributed by atoms with Gasteiger partial charge in [-0.15, -0.1) is 0 Å². The molecule has 1 aliphatic rings. The summed E-state index contributed by atoms with van der Waals surface area (Å²) in [6.45, 7) is 2.16. The average molecular weight is 559 g/mol. The monoisotopic (exact) mass is 558 g/mol. The van der Waals surface area contributed by atoms with Crippen molar-refractivity contribution in [1.82, 2.24) is 0 Å². The first-order valence-electron chi connectivity index (χ1n) is 13.0. The third-order valence-corrected chi connectivity index (χ3v) is 7.49. The van der Waals surface area contributed by atoms with Gasteiger partial charge in [0.2, 0.25) is 0 Å². The van der Waals surface area contributed by atoms with E-state index in [4.69, 9.17) is 21.1 Å². The maximum atomic E-state index is 13.8. The highest BCUT2D eigenvalue weighted by atomic mass is 35.5. The quantitative estimate of drug-likeness (QED) is 0.170. The van der Waals surface area contributed by atoms with Crippen LogP contribution in [-0.4, -0.2) is 42.9 Å². The summed E-state index contributed by atoms with van der Waals surface area (Å²) in [5, 5.41) is 29.5. The first-order chi connectivity index (χ1) is 19.4. The number of nitrogens with zero attached hydrogens (tertiary/aromatic N) is 1. The fourth-order valence-corrected chi connectivity index (χ4v) is 5.39. The predicted octanol–water partition coefficient (Wildman–Crippen LogP) is 6.45.